The van der Waals surface area contributed by atoms with E-state index in [1.165, 1.54) is 5.56 Å². The lowest BCUT2D eigenvalue weighted by Gasteiger charge is -2.02. The number of benzene rings is 1. The molecule has 0 aliphatic rings. The summed E-state index contributed by atoms with van der Waals surface area (Å²) in [5, 5.41) is 3.84. The zero-order chi connectivity index (χ0) is 12.0. The highest BCUT2D eigenvalue weighted by Gasteiger charge is 1.97. The molecule has 16 heavy (non-hydrogen) atoms. The van der Waals surface area contributed by atoms with E-state index >= 15 is 0 Å². The fourth-order valence-electron chi connectivity index (χ4n) is 1.22. The van der Waals surface area contributed by atoms with E-state index < -0.39 is 6.03 Å². The van der Waals surface area contributed by atoms with Gasteiger partial charge >= 0.3 is 6.03 Å². The first-order valence-electron chi connectivity index (χ1n) is 4.91. The summed E-state index contributed by atoms with van der Waals surface area (Å²) in [6.45, 7) is 1.86. The van der Waals surface area contributed by atoms with Crippen LogP contribution in [0, 0.1) is 0 Å². The number of hydrazone groups is 1. The van der Waals surface area contributed by atoms with Gasteiger partial charge in [0.2, 0.25) is 0 Å². The van der Waals surface area contributed by atoms with Crippen LogP contribution in [0.5, 0.6) is 0 Å². The van der Waals surface area contributed by atoms with Crippen LogP contribution in [0.4, 0.5) is 4.79 Å². The molecule has 5 heteroatoms. The van der Waals surface area contributed by atoms with Crippen LogP contribution in [0.15, 0.2) is 33.8 Å². The molecular formula is C11H14BrN3O. The van der Waals surface area contributed by atoms with Crippen molar-refractivity contribution in [1.82, 2.24) is 5.43 Å². The summed E-state index contributed by atoms with van der Waals surface area (Å²) in [6.07, 6.45) is 1.67. The average molecular weight is 284 g/mol. The van der Waals surface area contributed by atoms with E-state index in [-0.39, 0.29) is 0 Å². The summed E-state index contributed by atoms with van der Waals surface area (Å²) in [6, 6.07) is 7.46. The second kappa shape index (κ2) is 6.27. The van der Waals surface area contributed by atoms with E-state index in [0.717, 1.165) is 23.0 Å². The Morgan fingerprint density at radius 2 is 2.31 bits per heavy atom. The van der Waals surface area contributed by atoms with E-state index in [4.69, 9.17) is 5.73 Å². The molecule has 1 rings (SSSR count). The SMILES string of the molecule is CC(CCc1cccc(Br)c1)=NNC(N)=O. The predicted molar refractivity (Wildman–Crippen MR) is 68.3 cm³/mol. The Morgan fingerprint density at radius 1 is 1.56 bits per heavy atom. The molecule has 0 saturated heterocycles. The Morgan fingerprint density at radius 3 is 2.94 bits per heavy atom. The molecule has 0 spiro atoms. The van der Waals surface area contributed by atoms with E-state index in [0.29, 0.717) is 0 Å². The predicted octanol–water partition coefficient (Wildman–Crippen LogP) is 2.43. The lowest BCUT2D eigenvalue weighted by atomic mass is 10.1. The molecule has 0 atom stereocenters. The van der Waals surface area contributed by atoms with Gasteiger partial charge in [-0.2, -0.15) is 5.10 Å². The number of amides is 2. The molecular weight excluding hydrogens is 270 g/mol. The number of nitrogens with zero attached hydrogens (tertiary/aromatic N) is 1. The molecule has 0 aliphatic carbocycles. The van der Waals surface area contributed by atoms with Crippen molar-refractivity contribution in [1.29, 1.82) is 0 Å². The number of halogens is 1. The fourth-order valence-corrected chi connectivity index (χ4v) is 1.67. The Bertz CT molecular complexity index is 404. The Labute approximate surface area is 103 Å². The normalized spacial score (nSPS) is 11.2. The highest BCUT2D eigenvalue weighted by atomic mass is 79.9. The maximum Gasteiger partial charge on any atom is 0.332 e. The lowest BCUT2D eigenvalue weighted by molar-refractivity contribution is 0.249. The monoisotopic (exact) mass is 283 g/mol. The van der Waals surface area contributed by atoms with Crippen molar-refractivity contribution < 1.29 is 4.79 Å². The van der Waals surface area contributed by atoms with Gasteiger partial charge in [-0.1, -0.05) is 28.1 Å². The van der Waals surface area contributed by atoms with Crippen molar-refractivity contribution in [2.45, 2.75) is 19.8 Å². The zero-order valence-electron chi connectivity index (χ0n) is 9.03. The second-order valence-corrected chi connectivity index (χ2v) is 4.37. The Hall–Kier alpha value is -1.36. The number of hydrogen-bond donors (Lipinski definition) is 2. The Balaban J connectivity index is 2.45. The topological polar surface area (TPSA) is 67.5 Å². The third kappa shape index (κ3) is 4.93. The van der Waals surface area contributed by atoms with Gasteiger partial charge in [0, 0.05) is 10.2 Å². The van der Waals surface area contributed by atoms with Crippen LogP contribution in [-0.2, 0) is 6.42 Å². The standard InChI is InChI=1S/C11H14BrN3O/c1-8(14-15-11(13)16)5-6-9-3-2-4-10(12)7-9/h2-4,7H,5-6H2,1H3,(H3,13,15,16). The number of nitrogens with one attached hydrogen (secondary N) is 1. The van der Waals surface area contributed by atoms with E-state index in [2.05, 4.69) is 38.6 Å². The van der Waals surface area contributed by atoms with Crippen molar-refractivity contribution in [3.05, 3.63) is 34.3 Å². The van der Waals surface area contributed by atoms with Crippen molar-refractivity contribution in [2.24, 2.45) is 10.8 Å². The lowest BCUT2D eigenvalue weighted by Crippen LogP contribution is -2.25. The number of carbonyl (C=O) groups is 1. The van der Waals surface area contributed by atoms with Crippen LogP contribution in [0.3, 0.4) is 0 Å². The average Bonchev–Trinajstić information content (AvgIpc) is 2.23. The van der Waals surface area contributed by atoms with Crippen LogP contribution in [0.1, 0.15) is 18.9 Å². The van der Waals surface area contributed by atoms with Gasteiger partial charge in [0.25, 0.3) is 0 Å². The van der Waals surface area contributed by atoms with Gasteiger partial charge in [0.05, 0.1) is 0 Å². The van der Waals surface area contributed by atoms with Gasteiger partial charge in [0.15, 0.2) is 0 Å². The van der Waals surface area contributed by atoms with Gasteiger partial charge < -0.3 is 5.73 Å². The summed E-state index contributed by atoms with van der Waals surface area (Å²) in [5.41, 5.74) is 9.19. The number of nitrogens with two attached hydrogens (primary N) is 1. The maximum atomic E-state index is 10.4. The number of primary amides is 1. The molecule has 1 aromatic carbocycles. The number of hydrogen-bond acceptors (Lipinski definition) is 2. The molecule has 0 bridgehead atoms. The molecule has 0 radical (unpaired) electrons. The van der Waals surface area contributed by atoms with Crippen molar-refractivity contribution in [2.75, 3.05) is 0 Å². The van der Waals surface area contributed by atoms with Crippen molar-refractivity contribution in [3.8, 4) is 0 Å². The molecule has 0 fully saturated rings. The molecule has 0 unspecified atom stereocenters. The summed E-state index contributed by atoms with van der Waals surface area (Å²) in [7, 11) is 0. The van der Waals surface area contributed by atoms with E-state index in [9.17, 15) is 4.79 Å². The molecule has 1 aromatic rings. The molecule has 2 amide bonds. The molecule has 0 aliphatic heterocycles. The molecule has 4 nitrogen and oxygen atoms in total. The summed E-state index contributed by atoms with van der Waals surface area (Å²) in [4.78, 5) is 10.4. The molecule has 3 N–H and O–H groups in total. The van der Waals surface area contributed by atoms with Crippen LogP contribution in [0.2, 0.25) is 0 Å². The van der Waals surface area contributed by atoms with Gasteiger partial charge in [-0.15, -0.1) is 0 Å². The minimum atomic E-state index is -0.637. The highest BCUT2D eigenvalue weighted by Crippen LogP contribution is 2.13. The molecule has 86 valence electrons. The van der Waals surface area contributed by atoms with Crippen LogP contribution < -0.4 is 11.2 Å². The minimum absolute atomic E-state index is 0.637. The molecule has 0 heterocycles. The quantitative estimate of drug-likeness (QED) is 0.647. The largest absolute Gasteiger partial charge is 0.350 e. The first kappa shape index (κ1) is 12.7. The number of rotatable bonds is 4. The number of urea groups is 1. The minimum Gasteiger partial charge on any atom is -0.350 e. The van der Waals surface area contributed by atoms with Gasteiger partial charge in [-0.05, 0) is 37.5 Å². The van der Waals surface area contributed by atoms with Crippen molar-refractivity contribution in [3.63, 3.8) is 0 Å². The fraction of sp³-hybridized carbons (Fsp3) is 0.273. The van der Waals surface area contributed by atoms with E-state index in [1.54, 1.807) is 0 Å². The maximum absolute atomic E-state index is 10.4. The smallest absolute Gasteiger partial charge is 0.332 e. The summed E-state index contributed by atoms with van der Waals surface area (Å²) >= 11 is 3.42. The first-order chi connectivity index (χ1) is 7.58. The number of aryl methyl sites for hydroxylation is 1. The molecule has 0 saturated carbocycles. The zero-order valence-corrected chi connectivity index (χ0v) is 10.6. The Kier molecular flexibility index (Phi) is 4.98. The summed E-state index contributed by atoms with van der Waals surface area (Å²) in [5.74, 6) is 0. The summed E-state index contributed by atoms with van der Waals surface area (Å²) < 4.78 is 1.06. The third-order valence-electron chi connectivity index (χ3n) is 2.02. The van der Waals surface area contributed by atoms with Gasteiger partial charge in [-0.25, -0.2) is 10.2 Å². The van der Waals surface area contributed by atoms with Crippen LogP contribution >= 0.6 is 15.9 Å². The van der Waals surface area contributed by atoms with Crippen LogP contribution in [-0.4, -0.2) is 11.7 Å². The van der Waals surface area contributed by atoms with Gasteiger partial charge in [0.1, 0.15) is 0 Å². The van der Waals surface area contributed by atoms with Crippen LogP contribution in [0.25, 0.3) is 0 Å². The van der Waals surface area contributed by atoms with E-state index in [1.807, 2.05) is 19.1 Å². The second-order valence-electron chi connectivity index (χ2n) is 3.45. The number of carbonyl (C=O) groups excluding carboxylic acids is 1. The highest BCUT2D eigenvalue weighted by molar-refractivity contribution is 9.10. The third-order valence-corrected chi connectivity index (χ3v) is 2.51. The van der Waals surface area contributed by atoms with Crippen molar-refractivity contribution >= 4 is 27.7 Å². The first-order valence-corrected chi connectivity index (χ1v) is 5.70. The van der Waals surface area contributed by atoms with Gasteiger partial charge in [-0.3, -0.25) is 0 Å². The molecule has 0 aromatic heterocycles.